The van der Waals surface area contributed by atoms with Crippen molar-refractivity contribution in [2.45, 2.75) is 77.5 Å². The molecule has 4 rings (SSSR count). The van der Waals surface area contributed by atoms with Crippen LogP contribution in [-0.4, -0.2) is 27.3 Å². The van der Waals surface area contributed by atoms with Gasteiger partial charge in [0, 0.05) is 21.8 Å². The van der Waals surface area contributed by atoms with E-state index in [4.69, 9.17) is 4.74 Å². The third kappa shape index (κ3) is 4.47. The highest BCUT2D eigenvalue weighted by Gasteiger charge is 2.32. The number of carbonyl (C=O) groups is 1. The minimum Gasteiger partial charge on any atom is -0.460 e. The average Bonchev–Trinajstić information content (AvgIpc) is 2.96. The Morgan fingerprint density at radius 3 is 2.42 bits per heavy atom. The molecule has 1 aliphatic rings. The van der Waals surface area contributed by atoms with E-state index in [1.54, 1.807) is 6.07 Å². The van der Waals surface area contributed by atoms with E-state index in [2.05, 4.69) is 22.8 Å². The van der Waals surface area contributed by atoms with Crippen LogP contribution in [0.1, 0.15) is 64.5 Å². The summed E-state index contributed by atoms with van der Waals surface area (Å²) >= 11 is 0. The predicted octanol–water partition coefficient (Wildman–Crippen LogP) is 6.07. The lowest BCUT2D eigenvalue weighted by molar-refractivity contribution is -0.161. The number of aliphatic hydroxyl groups excluding tert-OH is 1. The molecule has 31 heavy (non-hydrogen) atoms. The highest BCUT2D eigenvalue weighted by atomic mass is 19.1. The molecule has 0 spiro atoms. The summed E-state index contributed by atoms with van der Waals surface area (Å²) < 4.78 is 21.8. The van der Waals surface area contributed by atoms with Gasteiger partial charge in [0.2, 0.25) is 0 Å². The van der Waals surface area contributed by atoms with E-state index in [9.17, 15) is 14.3 Å². The van der Waals surface area contributed by atoms with Crippen molar-refractivity contribution in [3.8, 4) is 0 Å². The Morgan fingerprint density at radius 1 is 1.03 bits per heavy atom. The molecule has 3 unspecified atom stereocenters. The van der Waals surface area contributed by atoms with E-state index in [1.165, 1.54) is 6.07 Å². The predicted molar refractivity (Wildman–Crippen MR) is 122 cm³/mol. The van der Waals surface area contributed by atoms with Crippen LogP contribution >= 0.6 is 0 Å². The highest BCUT2D eigenvalue weighted by molar-refractivity contribution is 6.08. The number of hydrogen-bond acceptors (Lipinski definition) is 3. The highest BCUT2D eigenvalue weighted by Crippen LogP contribution is 2.38. The second-order valence-electron chi connectivity index (χ2n) is 9.93. The fourth-order valence-electron chi connectivity index (χ4n) is 4.89. The normalized spacial score (nSPS) is 23.0. The second-order valence-corrected chi connectivity index (χ2v) is 9.93. The Hall–Kier alpha value is -2.40. The Kier molecular flexibility index (Phi) is 5.82. The number of carbonyl (C=O) groups excluding carboxylic acids is 1. The maximum Gasteiger partial charge on any atom is 0.309 e. The number of hydrogen-bond donors (Lipinski definition) is 1. The van der Waals surface area contributed by atoms with Gasteiger partial charge in [-0.3, -0.25) is 4.79 Å². The Labute approximate surface area is 183 Å². The molecule has 1 saturated carbocycles. The van der Waals surface area contributed by atoms with Crippen LogP contribution in [0, 0.1) is 18.7 Å². The summed E-state index contributed by atoms with van der Waals surface area (Å²) in [4.78, 5) is 12.6. The van der Waals surface area contributed by atoms with Gasteiger partial charge in [-0.05, 0) is 83.7 Å². The minimum atomic E-state index is -0.588. The van der Waals surface area contributed by atoms with Crippen LogP contribution in [0.4, 0.5) is 4.39 Å². The number of esters is 1. The first-order valence-electron chi connectivity index (χ1n) is 11.2. The SMILES string of the molecule is Cc1ccc2c(c1)c1cc(F)ccc1n2C1CCCC(C(=O)OC(C)(C)C)CCC1O. The number of nitrogens with zero attached hydrogens (tertiary/aromatic N) is 1. The summed E-state index contributed by atoms with van der Waals surface area (Å²) in [6, 6.07) is 11.0. The van der Waals surface area contributed by atoms with Crippen LogP contribution in [0.2, 0.25) is 0 Å². The monoisotopic (exact) mass is 425 g/mol. The molecule has 0 bridgehead atoms. The zero-order valence-corrected chi connectivity index (χ0v) is 18.8. The fourth-order valence-corrected chi connectivity index (χ4v) is 4.89. The van der Waals surface area contributed by atoms with Gasteiger partial charge in [-0.25, -0.2) is 4.39 Å². The molecule has 0 saturated heterocycles. The largest absolute Gasteiger partial charge is 0.460 e. The van der Waals surface area contributed by atoms with Crippen LogP contribution in [0.25, 0.3) is 21.8 Å². The smallest absolute Gasteiger partial charge is 0.309 e. The molecule has 166 valence electrons. The second kappa shape index (κ2) is 8.27. The molecule has 2 aromatic carbocycles. The fraction of sp³-hybridized carbons (Fsp3) is 0.500. The molecule has 0 radical (unpaired) electrons. The van der Waals surface area contributed by atoms with Crippen LogP contribution in [0.3, 0.4) is 0 Å². The Bertz CT molecular complexity index is 1050. The van der Waals surface area contributed by atoms with Gasteiger partial charge in [-0.2, -0.15) is 0 Å². The average molecular weight is 426 g/mol. The zero-order valence-electron chi connectivity index (χ0n) is 18.8. The van der Waals surface area contributed by atoms with Gasteiger partial charge < -0.3 is 14.4 Å². The van der Waals surface area contributed by atoms with Crippen LogP contribution < -0.4 is 0 Å². The molecule has 1 aromatic heterocycles. The third-order valence-electron chi connectivity index (χ3n) is 6.30. The molecular weight excluding hydrogens is 393 g/mol. The standard InChI is InChI=1S/C26H32FNO3/c1-16-8-11-21-19(14-16)20-15-18(27)10-12-22(20)28(21)23-7-5-6-17(9-13-24(23)29)25(30)31-26(2,3)4/h8,10-12,14-15,17,23-24,29H,5-7,9,13H2,1-4H3. The lowest BCUT2D eigenvalue weighted by Crippen LogP contribution is -2.32. The lowest BCUT2D eigenvalue weighted by Gasteiger charge is -2.31. The van der Waals surface area contributed by atoms with Crippen molar-refractivity contribution in [3.63, 3.8) is 0 Å². The van der Waals surface area contributed by atoms with Gasteiger partial charge in [0.05, 0.1) is 18.1 Å². The number of rotatable bonds is 2. The van der Waals surface area contributed by atoms with Crippen LogP contribution in [-0.2, 0) is 9.53 Å². The van der Waals surface area contributed by atoms with Gasteiger partial charge >= 0.3 is 5.97 Å². The summed E-state index contributed by atoms with van der Waals surface area (Å²) in [7, 11) is 0. The van der Waals surface area contributed by atoms with Gasteiger partial charge in [-0.15, -0.1) is 0 Å². The minimum absolute atomic E-state index is 0.118. The first kappa shape index (κ1) is 21.8. The maximum absolute atomic E-state index is 14.0. The van der Waals surface area contributed by atoms with Crippen LogP contribution in [0.5, 0.6) is 0 Å². The zero-order chi connectivity index (χ0) is 22.3. The molecule has 3 aromatic rings. The van der Waals surface area contributed by atoms with E-state index >= 15 is 0 Å². The van der Waals surface area contributed by atoms with Gasteiger partial charge in [0.25, 0.3) is 0 Å². The molecule has 0 aliphatic heterocycles. The lowest BCUT2D eigenvalue weighted by atomic mass is 9.87. The summed E-state index contributed by atoms with van der Waals surface area (Å²) in [5, 5.41) is 13.0. The maximum atomic E-state index is 14.0. The number of aliphatic hydroxyl groups is 1. The quantitative estimate of drug-likeness (QED) is 0.507. The summed E-state index contributed by atoms with van der Waals surface area (Å²) in [5.74, 6) is -0.600. The number of ether oxygens (including phenoxy) is 1. The summed E-state index contributed by atoms with van der Waals surface area (Å²) in [6.45, 7) is 7.67. The Morgan fingerprint density at radius 2 is 1.71 bits per heavy atom. The third-order valence-corrected chi connectivity index (χ3v) is 6.30. The molecular formula is C26H32FNO3. The first-order valence-corrected chi connectivity index (χ1v) is 11.2. The first-order chi connectivity index (χ1) is 14.6. The molecule has 3 atom stereocenters. The van der Waals surface area contributed by atoms with E-state index in [-0.39, 0.29) is 23.7 Å². The molecule has 0 amide bonds. The van der Waals surface area contributed by atoms with Crippen molar-refractivity contribution in [1.29, 1.82) is 0 Å². The van der Waals surface area contributed by atoms with Crippen molar-refractivity contribution < 1.29 is 19.0 Å². The van der Waals surface area contributed by atoms with Gasteiger partial charge in [-0.1, -0.05) is 18.1 Å². The van der Waals surface area contributed by atoms with Crippen LogP contribution in [0.15, 0.2) is 36.4 Å². The number of aromatic nitrogens is 1. The molecule has 1 aliphatic carbocycles. The van der Waals surface area contributed by atoms with E-state index in [0.29, 0.717) is 12.8 Å². The number of halogens is 1. The van der Waals surface area contributed by atoms with Crippen molar-refractivity contribution in [2.75, 3.05) is 0 Å². The molecule has 1 heterocycles. The summed E-state index contributed by atoms with van der Waals surface area (Å²) in [6.07, 6.45) is 2.88. The topological polar surface area (TPSA) is 51.5 Å². The van der Waals surface area contributed by atoms with Crippen molar-refractivity contribution in [1.82, 2.24) is 4.57 Å². The van der Waals surface area contributed by atoms with Crippen molar-refractivity contribution >= 4 is 27.8 Å². The summed E-state index contributed by atoms with van der Waals surface area (Å²) in [5.41, 5.74) is 2.57. The van der Waals surface area contributed by atoms with E-state index in [1.807, 2.05) is 33.8 Å². The van der Waals surface area contributed by atoms with Crippen molar-refractivity contribution in [3.05, 3.63) is 47.8 Å². The van der Waals surface area contributed by atoms with Crippen molar-refractivity contribution in [2.24, 2.45) is 5.92 Å². The molecule has 5 heteroatoms. The molecule has 1 N–H and O–H groups in total. The molecule has 1 fully saturated rings. The number of benzene rings is 2. The van der Waals surface area contributed by atoms with Gasteiger partial charge in [0.15, 0.2) is 0 Å². The number of fused-ring (bicyclic) bond motifs is 3. The van der Waals surface area contributed by atoms with E-state index in [0.717, 1.165) is 46.6 Å². The molecule has 4 nitrogen and oxygen atoms in total. The van der Waals surface area contributed by atoms with Gasteiger partial charge in [0.1, 0.15) is 11.4 Å². The number of aryl methyl sites for hydroxylation is 1. The van der Waals surface area contributed by atoms with E-state index < -0.39 is 11.7 Å². The Balaban J connectivity index is 1.67.